The fraction of sp³-hybridized carbons (Fsp3) is 0.258. The minimum absolute atomic E-state index is 0.0201. The number of urea groups is 1. The van der Waals surface area contributed by atoms with E-state index >= 15 is 0 Å². The van der Waals surface area contributed by atoms with Gasteiger partial charge in [-0.25, -0.2) is 14.2 Å². The Kier molecular flexibility index (Phi) is 8.64. The van der Waals surface area contributed by atoms with Crippen LogP contribution >= 0.6 is 0 Å². The largest absolute Gasteiger partial charge is 0.489 e. The van der Waals surface area contributed by atoms with Gasteiger partial charge in [0.05, 0.1) is 18.8 Å². The maximum absolute atomic E-state index is 14.8. The number of nitrogens with zero attached hydrogens (tertiary/aromatic N) is 2. The molecule has 2 aromatic heterocycles. The molecule has 0 unspecified atom stereocenters. The molecule has 2 aromatic carbocycles. The Bertz CT molecular complexity index is 1870. The number of hydrogen-bond acceptors (Lipinski definition) is 8. The average Bonchev–Trinajstić information content (AvgIpc) is 3.38. The van der Waals surface area contributed by atoms with Gasteiger partial charge in [0.2, 0.25) is 11.5 Å². The van der Waals surface area contributed by atoms with Crippen LogP contribution in [-0.4, -0.2) is 65.4 Å². The topological polar surface area (TPSA) is 192 Å². The number of nitrogens with one attached hydrogen (secondary N) is 2. The molecular weight excluding hydrogens is 628 g/mol. The summed E-state index contributed by atoms with van der Waals surface area (Å²) in [5.41, 5.74) is 4.37. The van der Waals surface area contributed by atoms with E-state index in [4.69, 9.17) is 20.9 Å². The zero-order valence-corrected chi connectivity index (χ0v) is 24.7. The highest BCUT2D eigenvalue weighted by Gasteiger charge is 2.57. The Labute approximate surface area is 264 Å². The lowest BCUT2D eigenvalue weighted by atomic mass is 9.81. The van der Waals surface area contributed by atoms with E-state index in [9.17, 15) is 37.1 Å². The maximum Gasteiger partial charge on any atom is 0.424 e. The number of primary amides is 2. The molecule has 16 heteroatoms. The molecule has 47 heavy (non-hydrogen) atoms. The number of hydrogen-bond donors (Lipinski definition) is 5. The molecule has 7 N–H and O–H groups in total. The molecule has 1 aliphatic rings. The summed E-state index contributed by atoms with van der Waals surface area (Å²) >= 11 is 0. The van der Waals surface area contributed by atoms with Gasteiger partial charge in [0.25, 0.3) is 5.91 Å². The zero-order valence-electron chi connectivity index (χ0n) is 24.7. The molecule has 4 amide bonds. The van der Waals surface area contributed by atoms with Crippen LogP contribution < -0.4 is 31.6 Å². The molecule has 0 bridgehead atoms. The Hall–Kier alpha value is -5.51. The van der Waals surface area contributed by atoms with Crippen molar-refractivity contribution in [3.05, 3.63) is 83.4 Å². The van der Waals surface area contributed by atoms with Crippen LogP contribution in [-0.2, 0) is 15.8 Å². The molecule has 0 fully saturated rings. The van der Waals surface area contributed by atoms with Crippen molar-refractivity contribution >= 4 is 28.7 Å². The standard InChI is InChI=1S/C31H28F4N6O6/c1-29(27(36)43)15-47-25-20(29)13-22(41-24(25)16-4-6-19(32)7-5-16)30(45,31(33,34)35)14-40-26(42)18-11-17-3-2-8-38-23(17)21(12-18)46-10-9-39-28(37)44/h2-8,11-13,45H,9-10,14-15H2,1H3,(H2,36,43)(H,40,42)(H3,37,39,44)/t29-,30-/m0/s1. The SMILES string of the molecule is C[C@]1(C(N)=O)COc2c1cc([C@@](O)(CNC(=O)c1cc(OCCNC(N)=O)c3ncccc3c1)C(F)(F)F)nc2-c1ccc(F)cc1. The van der Waals surface area contributed by atoms with E-state index in [1.807, 2.05) is 0 Å². The molecule has 0 saturated heterocycles. The van der Waals surface area contributed by atoms with E-state index in [1.54, 1.807) is 12.1 Å². The summed E-state index contributed by atoms with van der Waals surface area (Å²) in [7, 11) is 0. The van der Waals surface area contributed by atoms with Crippen molar-refractivity contribution in [1.82, 2.24) is 20.6 Å². The molecule has 246 valence electrons. The smallest absolute Gasteiger partial charge is 0.424 e. The first-order valence-corrected chi connectivity index (χ1v) is 14.0. The summed E-state index contributed by atoms with van der Waals surface area (Å²) in [5, 5.41) is 16.2. The van der Waals surface area contributed by atoms with Gasteiger partial charge in [0, 0.05) is 28.3 Å². The number of alkyl halides is 3. The molecule has 12 nitrogen and oxygen atoms in total. The van der Waals surface area contributed by atoms with Crippen molar-refractivity contribution in [3.8, 4) is 22.8 Å². The van der Waals surface area contributed by atoms with Gasteiger partial charge >= 0.3 is 12.2 Å². The summed E-state index contributed by atoms with van der Waals surface area (Å²) in [5.74, 6) is -2.50. The second-order valence-electron chi connectivity index (χ2n) is 11.0. The lowest BCUT2D eigenvalue weighted by Gasteiger charge is -2.31. The second kappa shape index (κ2) is 12.4. The molecule has 0 saturated carbocycles. The first-order chi connectivity index (χ1) is 22.1. The van der Waals surface area contributed by atoms with E-state index in [2.05, 4.69) is 20.6 Å². The molecular formula is C31H28F4N6O6. The van der Waals surface area contributed by atoms with Crippen molar-refractivity contribution in [2.75, 3.05) is 26.3 Å². The summed E-state index contributed by atoms with van der Waals surface area (Å²) in [6.45, 7) is -0.403. The predicted molar refractivity (Wildman–Crippen MR) is 159 cm³/mol. The number of amides is 4. The number of aromatic nitrogens is 2. The molecule has 0 aliphatic carbocycles. The number of aliphatic hydroxyl groups is 1. The quantitative estimate of drug-likeness (QED) is 0.127. The molecule has 1 aliphatic heterocycles. The Morgan fingerprint density at radius 2 is 1.81 bits per heavy atom. The molecule has 3 heterocycles. The van der Waals surface area contributed by atoms with E-state index in [1.165, 1.54) is 37.4 Å². The van der Waals surface area contributed by atoms with Crippen molar-refractivity contribution in [2.45, 2.75) is 24.1 Å². The number of halogens is 4. The van der Waals surface area contributed by atoms with Crippen LogP contribution in [0.25, 0.3) is 22.2 Å². The van der Waals surface area contributed by atoms with Gasteiger partial charge in [-0.2, -0.15) is 13.2 Å². The van der Waals surface area contributed by atoms with Gasteiger partial charge in [-0.05, 0) is 55.5 Å². The molecule has 4 aromatic rings. The van der Waals surface area contributed by atoms with Crippen molar-refractivity contribution in [3.63, 3.8) is 0 Å². The van der Waals surface area contributed by atoms with Crippen molar-refractivity contribution < 1.29 is 46.5 Å². The summed E-state index contributed by atoms with van der Waals surface area (Å²) in [6, 6.07) is 10.5. The van der Waals surface area contributed by atoms with E-state index < -0.39 is 53.1 Å². The highest BCUT2D eigenvalue weighted by Crippen LogP contribution is 2.47. The number of pyridine rings is 2. The van der Waals surface area contributed by atoms with Crippen LogP contribution in [0.2, 0.25) is 0 Å². The molecule has 5 rings (SSSR count). The van der Waals surface area contributed by atoms with E-state index in [0.717, 1.165) is 18.2 Å². The summed E-state index contributed by atoms with van der Waals surface area (Å²) in [6.07, 6.45) is -3.93. The highest BCUT2D eigenvalue weighted by molar-refractivity contribution is 6.00. The fourth-order valence-electron chi connectivity index (χ4n) is 4.98. The van der Waals surface area contributed by atoms with Crippen LogP contribution in [0.5, 0.6) is 11.5 Å². The number of carbonyl (C=O) groups is 3. The third-order valence-electron chi connectivity index (χ3n) is 7.72. The average molecular weight is 657 g/mol. The summed E-state index contributed by atoms with van der Waals surface area (Å²) < 4.78 is 69.3. The number of carbonyl (C=O) groups excluding carboxylic acids is 3. The van der Waals surface area contributed by atoms with Gasteiger partial charge in [0.1, 0.15) is 47.2 Å². The van der Waals surface area contributed by atoms with Crippen LogP contribution in [0.15, 0.2) is 60.8 Å². The zero-order chi connectivity index (χ0) is 34.1. The fourth-order valence-corrected chi connectivity index (χ4v) is 4.98. The minimum Gasteiger partial charge on any atom is -0.489 e. The first kappa shape index (κ1) is 32.9. The molecule has 2 atom stereocenters. The number of ether oxygens (including phenoxy) is 2. The normalized spacial score (nSPS) is 16.9. The van der Waals surface area contributed by atoms with Crippen LogP contribution in [0.3, 0.4) is 0 Å². The second-order valence-corrected chi connectivity index (χ2v) is 11.0. The van der Waals surface area contributed by atoms with Crippen molar-refractivity contribution in [2.24, 2.45) is 11.5 Å². The van der Waals surface area contributed by atoms with Gasteiger partial charge in [-0.1, -0.05) is 6.07 Å². The van der Waals surface area contributed by atoms with E-state index in [-0.39, 0.29) is 53.6 Å². The first-order valence-electron chi connectivity index (χ1n) is 14.0. The monoisotopic (exact) mass is 656 g/mol. The van der Waals surface area contributed by atoms with Gasteiger partial charge in [0.15, 0.2) is 0 Å². The van der Waals surface area contributed by atoms with Crippen LogP contribution in [0.1, 0.15) is 28.5 Å². The Morgan fingerprint density at radius 3 is 2.47 bits per heavy atom. The summed E-state index contributed by atoms with van der Waals surface area (Å²) in [4.78, 5) is 45.0. The predicted octanol–water partition coefficient (Wildman–Crippen LogP) is 2.80. The highest BCUT2D eigenvalue weighted by atomic mass is 19.4. The molecule has 0 spiro atoms. The van der Waals surface area contributed by atoms with Crippen LogP contribution in [0.4, 0.5) is 22.4 Å². The lowest BCUT2D eigenvalue weighted by molar-refractivity contribution is -0.265. The Morgan fingerprint density at radius 1 is 1.09 bits per heavy atom. The molecule has 0 radical (unpaired) electrons. The number of nitrogens with two attached hydrogens (primary N) is 2. The Balaban J connectivity index is 1.52. The number of fused-ring (bicyclic) bond motifs is 2. The van der Waals surface area contributed by atoms with Gasteiger partial charge in [-0.15, -0.1) is 0 Å². The van der Waals surface area contributed by atoms with Crippen LogP contribution in [0, 0.1) is 5.82 Å². The van der Waals surface area contributed by atoms with Gasteiger partial charge < -0.3 is 36.7 Å². The number of rotatable bonds is 10. The third-order valence-corrected chi connectivity index (χ3v) is 7.72. The third kappa shape index (κ3) is 6.31. The lowest BCUT2D eigenvalue weighted by Crippen LogP contribution is -2.51. The van der Waals surface area contributed by atoms with Gasteiger partial charge in [-0.3, -0.25) is 14.6 Å². The minimum atomic E-state index is -5.40. The van der Waals surface area contributed by atoms with Crippen molar-refractivity contribution in [1.29, 1.82) is 0 Å². The van der Waals surface area contributed by atoms with E-state index in [0.29, 0.717) is 10.9 Å². The number of benzene rings is 2. The maximum atomic E-state index is 14.8.